The third kappa shape index (κ3) is 3.02. The summed E-state index contributed by atoms with van der Waals surface area (Å²) in [5.74, 6) is -0.237. The molecule has 0 saturated heterocycles. The summed E-state index contributed by atoms with van der Waals surface area (Å²) in [5, 5.41) is 20.6. The molecular formula is C12H11NO3S2. The number of thioether (sulfide) groups is 1. The van der Waals surface area contributed by atoms with Gasteiger partial charge in [-0.15, -0.1) is 11.3 Å². The molecule has 0 atom stereocenters. The molecule has 18 heavy (non-hydrogen) atoms. The van der Waals surface area contributed by atoms with Gasteiger partial charge in [-0.25, -0.2) is 4.98 Å². The molecule has 0 spiro atoms. The van der Waals surface area contributed by atoms with Gasteiger partial charge in [-0.3, -0.25) is 4.79 Å². The summed E-state index contributed by atoms with van der Waals surface area (Å²) in [4.78, 5) is 16.1. The molecule has 0 amide bonds. The van der Waals surface area contributed by atoms with Crippen molar-refractivity contribution in [2.75, 3.05) is 5.75 Å². The Morgan fingerprint density at radius 3 is 2.83 bits per heavy atom. The average molecular weight is 281 g/mol. The second-order valence-corrected chi connectivity index (χ2v) is 5.75. The van der Waals surface area contributed by atoms with E-state index in [4.69, 9.17) is 5.11 Å². The lowest BCUT2D eigenvalue weighted by Gasteiger charge is -2.03. The number of hydrogen-bond donors (Lipinski definition) is 2. The molecule has 0 aliphatic carbocycles. The minimum atomic E-state index is -0.198. The molecule has 0 radical (unpaired) electrons. The van der Waals surface area contributed by atoms with Gasteiger partial charge in [0.15, 0.2) is 10.1 Å². The SMILES string of the molecule is Cc1csc(SCC(=O)c2ccc(O)cc2O)n1. The van der Waals surface area contributed by atoms with Gasteiger partial charge in [0.1, 0.15) is 11.5 Å². The van der Waals surface area contributed by atoms with Crippen molar-refractivity contribution >= 4 is 28.9 Å². The molecule has 2 aromatic rings. The van der Waals surface area contributed by atoms with Crippen LogP contribution in [-0.4, -0.2) is 26.7 Å². The first-order chi connectivity index (χ1) is 8.56. The molecule has 0 aliphatic rings. The molecule has 6 heteroatoms. The van der Waals surface area contributed by atoms with Gasteiger partial charge in [0.05, 0.1) is 11.3 Å². The normalized spacial score (nSPS) is 10.5. The summed E-state index contributed by atoms with van der Waals surface area (Å²) in [7, 11) is 0. The van der Waals surface area contributed by atoms with Crippen molar-refractivity contribution in [3.05, 3.63) is 34.8 Å². The summed E-state index contributed by atoms with van der Waals surface area (Å²) in [5.41, 5.74) is 1.15. The molecule has 0 bridgehead atoms. The number of ketones is 1. The summed E-state index contributed by atoms with van der Waals surface area (Å²) in [6.45, 7) is 1.90. The Morgan fingerprint density at radius 2 is 2.22 bits per heavy atom. The number of carbonyl (C=O) groups is 1. The van der Waals surface area contributed by atoms with E-state index in [1.165, 1.54) is 35.2 Å². The fourth-order valence-corrected chi connectivity index (χ4v) is 3.09. The molecule has 0 aliphatic heterocycles. The fourth-order valence-electron chi connectivity index (χ4n) is 1.36. The Labute approximate surface area is 112 Å². The van der Waals surface area contributed by atoms with Gasteiger partial charge in [0, 0.05) is 17.1 Å². The number of hydrogen-bond acceptors (Lipinski definition) is 6. The van der Waals surface area contributed by atoms with E-state index in [-0.39, 0.29) is 28.6 Å². The quantitative estimate of drug-likeness (QED) is 0.666. The number of nitrogens with zero attached hydrogens (tertiary/aromatic N) is 1. The Morgan fingerprint density at radius 1 is 1.44 bits per heavy atom. The van der Waals surface area contributed by atoms with Gasteiger partial charge in [0.25, 0.3) is 0 Å². The van der Waals surface area contributed by atoms with Crippen molar-refractivity contribution in [3.63, 3.8) is 0 Å². The lowest BCUT2D eigenvalue weighted by atomic mass is 10.1. The van der Waals surface area contributed by atoms with Crippen molar-refractivity contribution in [2.24, 2.45) is 0 Å². The molecule has 1 aromatic carbocycles. The maximum absolute atomic E-state index is 11.9. The molecule has 1 aromatic heterocycles. The number of phenols is 2. The summed E-state index contributed by atoms with van der Waals surface area (Å²) in [6.07, 6.45) is 0. The van der Waals surface area contributed by atoms with E-state index < -0.39 is 0 Å². The van der Waals surface area contributed by atoms with Crippen LogP contribution in [0.1, 0.15) is 16.1 Å². The molecule has 1 heterocycles. The van der Waals surface area contributed by atoms with Crippen LogP contribution >= 0.6 is 23.1 Å². The van der Waals surface area contributed by atoms with Crippen LogP contribution in [-0.2, 0) is 0 Å². The van der Waals surface area contributed by atoms with E-state index in [1.54, 1.807) is 0 Å². The largest absolute Gasteiger partial charge is 0.508 e. The number of Topliss-reactive ketones (excluding diaryl/α,β-unsaturated/α-hetero) is 1. The zero-order valence-electron chi connectivity index (χ0n) is 9.58. The highest BCUT2D eigenvalue weighted by Crippen LogP contribution is 2.27. The van der Waals surface area contributed by atoms with Crippen LogP contribution < -0.4 is 0 Å². The summed E-state index contributed by atoms with van der Waals surface area (Å²) < 4.78 is 0.833. The molecule has 94 valence electrons. The molecule has 4 nitrogen and oxygen atoms in total. The average Bonchev–Trinajstić information content (AvgIpc) is 2.72. The third-order valence-electron chi connectivity index (χ3n) is 2.21. The van der Waals surface area contributed by atoms with E-state index in [1.807, 2.05) is 12.3 Å². The van der Waals surface area contributed by atoms with Gasteiger partial charge in [-0.05, 0) is 19.1 Å². The monoisotopic (exact) mass is 281 g/mol. The third-order valence-corrected chi connectivity index (χ3v) is 4.35. The number of rotatable bonds is 4. The maximum atomic E-state index is 11.9. The second kappa shape index (κ2) is 5.41. The van der Waals surface area contributed by atoms with Crippen molar-refractivity contribution in [1.82, 2.24) is 4.98 Å². The van der Waals surface area contributed by atoms with Crippen LogP contribution in [0.4, 0.5) is 0 Å². The standard InChI is InChI=1S/C12H11NO3S2/c1-7-5-17-12(13-7)18-6-11(16)9-3-2-8(14)4-10(9)15/h2-5,14-15H,6H2,1H3. The number of aromatic nitrogens is 1. The van der Waals surface area contributed by atoms with Crippen LogP contribution in [0, 0.1) is 6.92 Å². The minimum absolute atomic E-state index is 0.0627. The van der Waals surface area contributed by atoms with Gasteiger partial charge >= 0.3 is 0 Å². The number of phenolic OH excluding ortho intramolecular Hbond substituents is 2. The van der Waals surface area contributed by atoms with Crippen molar-refractivity contribution in [2.45, 2.75) is 11.3 Å². The second-order valence-electron chi connectivity index (χ2n) is 3.67. The zero-order chi connectivity index (χ0) is 13.1. The van der Waals surface area contributed by atoms with Crippen molar-refractivity contribution in [3.8, 4) is 11.5 Å². The minimum Gasteiger partial charge on any atom is -0.508 e. The van der Waals surface area contributed by atoms with Crippen LogP contribution in [0.25, 0.3) is 0 Å². The highest BCUT2D eigenvalue weighted by Gasteiger charge is 2.13. The summed E-state index contributed by atoms with van der Waals surface area (Å²) in [6, 6.07) is 3.96. The highest BCUT2D eigenvalue weighted by atomic mass is 32.2. The Balaban J connectivity index is 2.03. The first kappa shape index (κ1) is 12.9. The Kier molecular flexibility index (Phi) is 3.88. The molecule has 2 rings (SSSR count). The van der Waals surface area contributed by atoms with E-state index in [0.717, 1.165) is 16.1 Å². The Bertz CT molecular complexity index is 580. The first-order valence-corrected chi connectivity index (χ1v) is 7.03. The Hall–Kier alpha value is -1.53. The molecule has 2 N–H and O–H groups in total. The zero-order valence-corrected chi connectivity index (χ0v) is 11.2. The molecule has 0 fully saturated rings. The molecule has 0 saturated carbocycles. The number of aryl methyl sites for hydroxylation is 1. The van der Waals surface area contributed by atoms with E-state index in [2.05, 4.69) is 4.98 Å². The molecule has 0 unspecified atom stereocenters. The highest BCUT2D eigenvalue weighted by molar-refractivity contribution is 8.01. The lowest BCUT2D eigenvalue weighted by Crippen LogP contribution is -2.02. The van der Waals surface area contributed by atoms with Gasteiger partial charge in [-0.1, -0.05) is 11.8 Å². The van der Waals surface area contributed by atoms with Crippen LogP contribution in [0.15, 0.2) is 27.9 Å². The van der Waals surface area contributed by atoms with Crippen LogP contribution in [0.5, 0.6) is 11.5 Å². The van der Waals surface area contributed by atoms with E-state index in [0.29, 0.717) is 0 Å². The smallest absolute Gasteiger partial charge is 0.176 e. The van der Waals surface area contributed by atoms with Crippen LogP contribution in [0.2, 0.25) is 0 Å². The van der Waals surface area contributed by atoms with Crippen molar-refractivity contribution in [1.29, 1.82) is 0 Å². The fraction of sp³-hybridized carbons (Fsp3) is 0.167. The van der Waals surface area contributed by atoms with E-state index >= 15 is 0 Å². The van der Waals surface area contributed by atoms with Gasteiger partial charge in [0.2, 0.25) is 0 Å². The molecular weight excluding hydrogens is 270 g/mol. The number of thiazole rings is 1. The van der Waals surface area contributed by atoms with E-state index in [9.17, 15) is 9.90 Å². The first-order valence-electron chi connectivity index (χ1n) is 5.16. The maximum Gasteiger partial charge on any atom is 0.176 e. The van der Waals surface area contributed by atoms with Gasteiger partial charge < -0.3 is 10.2 Å². The predicted octanol–water partition coefficient (Wildman–Crippen LogP) is 2.84. The number of carbonyl (C=O) groups excluding carboxylic acids is 1. The number of benzene rings is 1. The summed E-state index contributed by atoms with van der Waals surface area (Å²) >= 11 is 2.83. The van der Waals surface area contributed by atoms with Gasteiger partial charge in [-0.2, -0.15) is 0 Å². The topological polar surface area (TPSA) is 70.4 Å². The lowest BCUT2D eigenvalue weighted by molar-refractivity contribution is 0.102. The predicted molar refractivity (Wildman–Crippen MR) is 71.7 cm³/mol. The number of aromatic hydroxyl groups is 2. The van der Waals surface area contributed by atoms with Crippen molar-refractivity contribution < 1.29 is 15.0 Å². The van der Waals surface area contributed by atoms with Crippen LogP contribution in [0.3, 0.4) is 0 Å².